The van der Waals surface area contributed by atoms with Gasteiger partial charge >= 0.3 is 0 Å². The first-order valence-electron chi connectivity index (χ1n) is 7.80. The van der Waals surface area contributed by atoms with Gasteiger partial charge in [-0.25, -0.2) is 0 Å². The van der Waals surface area contributed by atoms with Crippen molar-refractivity contribution < 1.29 is 9.47 Å². The summed E-state index contributed by atoms with van der Waals surface area (Å²) in [6.07, 6.45) is 4.06. The minimum Gasteiger partial charge on any atom is -0.493 e. The zero-order valence-corrected chi connectivity index (χ0v) is 15.2. The molecule has 1 rings (SSSR count). The second-order valence-electron chi connectivity index (χ2n) is 5.48. The first kappa shape index (κ1) is 18.3. The van der Waals surface area contributed by atoms with Crippen LogP contribution in [0.25, 0.3) is 0 Å². The molecule has 0 radical (unpaired) electrons. The summed E-state index contributed by atoms with van der Waals surface area (Å²) in [7, 11) is 1.68. The molecule has 0 heterocycles. The molecular formula is C17H28BrNO2. The van der Waals surface area contributed by atoms with E-state index in [4.69, 9.17) is 15.2 Å². The lowest BCUT2D eigenvalue weighted by molar-refractivity contribution is 0.229. The maximum absolute atomic E-state index is 6.03. The first-order chi connectivity index (χ1) is 10.0. The second-order valence-corrected chi connectivity index (χ2v) is 6.33. The van der Waals surface area contributed by atoms with E-state index in [0.717, 1.165) is 48.3 Å². The molecule has 0 aliphatic heterocycles. The molecule has 0 saturated heterocycles. The third-order valence-electron chi connectivity index (χ3n) is 3.93. The van der Waals surface area contributed by atoms with Crippen molar-refractivity contribution in [2.24, 2.45) is 11.7 Å². The zero-order valence-electron chi connectivity index (χ0n) is 13.6. The van der Waals surface area contributed by atoms with Crippen molar-refractivity contribution in [2.45, 2.75) is 52.5 Å². The normalized spacial score (nSPS) is 12.5. The number of ether oxygens (including phenoxy) is 2. The number of hydrogen-bond donors (Lipinski definition) is 1. The van der Waals surface area contributed by atoms with Crippen molar-refractivity contribution in [3.05, 3.63) is 22.2 Å². The fraction of sp³-hybridized carbons (Fsp3) is 0.647. The van der Waals surface area contributed by atoms with Crippen LogP contribution >= 0.6 is 15.9 Å². The summed E-state index contributed by atoms with van der Waals surface area (Å²) >= 11 is 3.60. The van der Waals surface area contributed by atoms with Gasteiger partial charge in [0.2, 0.25) is 0 Å². The number of benzene rings is 1. The molecular weight excluding hydrogens is 330 g/mol. The molecule has 1 aromatic rings. The van der Waals surface area contributed by atoms with E-state index in [1.165, 1.54) is 5.56 Å². The Bertz CT molecular complexity index is 433. The summed E-state index contributed by atoms with van der Waals surface area (Å²) in [5, 5.41) is 0. The lowest BCUT2D eigenvalue weighted by atomic mass is 10.0. The van der Waals surface area contributed by atoms with Crippen LogP contribution in [0.3, 0.4) is 0 Å². The molecule has 0 spiro atoms. The smallest absolute Gasteiger partial charge is 0.175 e. The van der Waals surface area contributed by atoms with E-state index >= 15 is 0 Å². The molecule has 0 saturated carbocycles. The van der Waals surface area contributed by atoms with Crippen LogP contribution in [-0.2, 0) is 6.42 Å². The molecule has 4 heteroatoms. The van der Waals surface area contributed by atoms with Crippen molar-refractivity contribution in [2.75, 3.05) is 13.7 Å². The highest BCUT2D eigenvalue weighted by molar-refractivity contribution is 9.10. The Morgan fingerprint density at radius 1 is 1.14 bits per heavy atom. The van der Waals surface area contributed by atoms with Crippen LogP contribution in [0.2, 0.25) is 0 Å². The summed E-state index contributed by atoms with van der Waals surface area (Å²) in [6, 6.07) is 4.29. The number of nitrogens with two attached hydrogens (primary N) is 1. The Balaban J connectivity index is 2.89. The Labute approximate surface area is 137 Å². The van der Waals surface area contributed by atoms with Gasteiger partial charge in [0.1, 0.15) is 0 Å². The maximum atomic E-state index is 6.03. The van der Waals surface area contributed by atoms with Gasteiger partial charge in [-0.2, -0.15) is 0 Å². The number of rotatable bonds is 9. The average molecular weight is 358 g/mol. The molecule has 3 nitrogen and oxygen atoms in total. The summed E-state index contributed by atoms with van der Waals surface area (Å²) in [5.74, 6) is 2.14. The van der Waals surface area contributed by atoms with E-state index in [1.54, 1.807) is 7.11 Å². The molecule has 1 atom stereocenters. The summed E-state index contributed by atoms with van der Waals surface area (Å²) in [4.78, 5) is 0. The summed E-state index contributed by atoms with van der Waals surface area (Å²) in [5.41, 5.74) is 7.20. The molecule has 21 heavy (non-hydrogen) atoms. The van der Waals surface area contributed by atoms with Crippen molar-refractivity contribution in [1.29, 1.82) is 0 Å². The Kier molecular flexibility index (Phi) is 8.12. The predicted molar refractivity (Wildman–Crippen MR) is 92.2 cm³/mol. The summed E-state index contributed by atoms with van der Waals surface area (Å²) in [6.45, 7) is 7.21. The molecule has 0 bridgehead atoms. The monoisotopic (exact) mass is 357 g/mol. The largest absolute Gasteiger partial charge is 0.493 e. The van der Waals surface area contributed by atoms with Crippen LogP contribution in [-0.4, -0.2) is 19.8 Å². The van der Waals surface area contributed by atoms with Gasteiger partial charge in [-0.3, -0.25) is 0 Å². The highest BCUT2D eigenvalue weighted by Gasteiger charge is 2.14. The van der Waals surface area contributed by atoms with Gasteiger partial charge in [-0.1, -0.05) is 33.6 Å². The molecule has 1 aromatic carbocycles. The number of methoxy groups -OCH3 is 1. The topological polar surface area (TPSA) is 44.5 Å². The van der Waals surface area contributed by atoms with Crippen molar-refractivity contribution >= 4 is 15.9 Å². The van der Waals surface area contributed by atoms with Crippen molar-refractivity contribution in [3.63, 3.8) is 0 Å². The lowest BCUT2D eigenvalue weighted by Crippen LogP contribution is -2.21. The molecule has 0 aromatic heterocycles. The van der Waals surface area contributed by atoms with Crippen LogP contribution in [0.5, 0.6) is 11.5 Å². The van der Waals surface area contributed by atoms with E-state index in [9.17, 15) is 0 Å². The Morgan fingerprint density at radius 3 is 2.33 bits per heavy atom. The van der Waals surface area contributed by atoms with Gasteiger partial charge in [0, 0.05) is 6.04 Å². The maximum Gasteiger partial charge on any atom is 0.175 e. The predicted octanol–water partition coefficient (Wildman–Crippen LogP) is 4.55. The molecule has 0 fully saturated rings. The van der Waals surface area contributed by atoms with Gasteiger partial charge in [-0.05, 0) is 52.4 Å². The van der Waals surface area contributed by atoms with Crippen LogP contribution in [0, 0.1) is 5.92 Å². The van der Waals surface area contributed by atoms with Crippen molar-refractivity contribution in [1.82, 2.24) is 0 Å². The van der Waals surface area contributed by atoms with Crippen molar-refractivity contribution in [3.8, 4) is 11.5 Å². The summed E-state index contributed by atoms with van der Waals surface area (Å²) < 4.78 is 12.4. The first-order valence-corrected chi connectivity index (χ1v) is 8.59. The van der Waals surface area contributed by atoms with Gasteiger partial charge in [0.25, 0.3) is 0 Å². The van der Waals surface area contributed by atoms with Crippen LogP contribution < -0.4 is 15.2 Å². The van der Waals surface area contributed by atoms with Gasteiger partial charge < -0.3 is 15.2 Å². The molecule has 1 unspecified atom stereocenters. The van der Waals surface area contributed by atoms with E-state index < -0.39 is 0 Å². The highest BCUT2D eigenvalue weighted by atomic mass is 79.9. The van der Waals surface area contributed by atoms with Gasteiger partial charge in [0.05, 0.1) is 18.2 Å². The Morgan fingerprint density at radius 2 is 1.81 bits per heavy atom. The number of halogens is 1. The van der Waals surface area contributed by atoms with Gasteiger partial charge in [-0.15, -0.1) is 0 Å². The fourth-order valence-corrected chi connectivity index (χ4v) is 2.81. The van der Waals surface area contributed by atoms with Gasteiger partial charge in [0.15, 0.2) is 11.5 Å². The SMILES string of the molecule is CCC(N)Cc1cc(Br)c(OCC(CC)CC)c(OC)c1. The highest BCUT2D eigenvalue weighted by Crippen LogP contribution is 2.37. The minimum atomic E-state index is 0.179. The number of hydrogen-bond acceptors (Lipinski definition) is 3. The fourth-order valence-electron chi connectivity index (χ4n) is 2.20. The molecule has 120 valence electrons. The van der Waals surface area contributed by atoms with Crippen LogP contribution in [0.15, 0.2) is 16.6 Å². The molecule has 0 amide bonds. The lowest BCUT2D eigenvalue weighted by Gasteiger charge is -2.18. The van der Waals surface area contributed by atoms with E-state index in [-0.39, 0.29) is 6.04 Å². The third-order valence-corrected chi connectivity index (χ3v) is 4.52. The van der Waals surface area contributed by atoms with E-state index in [1.807, 2.05) is 6.07 Å². The van der Waals surface area contributed by atoms with Crippen LogP contribution in [0.4, 0.5) is 0 Å². The van der Waals surface area contributed by atoms with E-state index in [0.29, 0.717) is 5.92 Å². The molecule has 0 aliphatic rings. The average Bonchev–Trinajstić information content (AvgIpc) is 2.49. The van der Waals surface area contributed by atoms with E-state index in [2.05, 4.69) is 42.8 Å². The third kappa shape index (κ3) is 5.51. The standard InChI is InChI=1S/C17H28BrNO2/c1-5-12(6-2)11-21-17-15(18)9-13(8-14(19)7-3)10-16(17)20-4/h9-10,12,14H,5-8,11,19H2,1-4H3. The second kappa shape index (κ2) is 9.31. The minimum absolute atomic E-state index is 0.179. The Hall–Kier alpha value is -0.740. The molecule has 0 aliphatic carbocycles. The quantitative estimate of drug-likeness (QED) is 0.704. The molecule has 2 N–H and O–H groups in total. The van der Waals surface area contributed by atoms with Crippen LogP contribution in [0.1, 0.15) is 45.6 Å². The zero-order chi connectivity index (χ0) is 15.8.